The molecule has 2 aromatic heterocycles. The zero-order valence-electron chi connectivity index (χ0n) is 20.0. The Bertz CT molecular complexity index is 1390. The summed E-state index contributed by atoms with van der Waals surface area (Å²) < 4.78 is 2.42. The van der Waals surface area contributed by atoms with Crippen LogP contribution in [0.25, 0.3) is 11.0 Å². The lowest BCUT2D eigenvalue weighted by atomic mass is 9.96. The third-order valence-electron chi connectivity index (χ3n) is 6.02. The van der Waals surface area contributed by atoms with Crippen molar-refractivity contribution in [2.24, 2.45) is 14.1 Å². The first kappa shape index (κ1) is 23.2. The van der Waals surface area contributed by atoms with Gasteiger partial charge in [0.15, 0.2) is 5.65 Å². The molecule has 0 N–H and O–H groups in total. The smallest absolute Gasteiger partial charge is 0.308 e. The monoisotopic (exact) mass is 467 g/mol. The van der Waals surface area contributed by atoms with Crippen molar-refractivity contribution in [3.63, 3.8) is 0 Å². The second-order valence-electron chi connectivity index (χ2n) is 9.66. The van der Waals surface area contributed by atoms with E-state index in [-0.39, 0.29) is 23.0 Å². The van der Waals surface area contributed by atoms with Crippen molar-refractivity contribution in [2.75, 3.05) is 4.90 Å². The molecule has 0 aliphatic carbocycles. The highest BCUT2D eigenvalue weighted by Gasteiger charge is 2.34. The summed E-state index contributed by atoms with van der Waals surface area (Å²) in [5.41, 5.74) is 1.05. The quantitative estimate of drug-likeness (QED) is 0.435. The van der Waals surface area contributed by atoms with Gasteiger partial charge < -0.3 is 4.90 Å². The van der Waals surface area contributed by atoms with E-state index in [0.29, 0.717) is 10.9 Å². The zero-order chi connectivity index (χ0) is 24.2. The van der Waals surface area contributed by atoms with Gasteiger partial charge in [-0.3, -0.25) is 18.7 Å². The molecule has 1 aliphatic heterocycles. The van der Waals surface area contributed by atoms with Crippen LogP contribution in [0, 0.1) is 0 Å². The minimum atomic E-state index is -0.494. The predicted molar refractivity (Wildman–Crippen MR) is 131 cm³/mol. The Morgan fingerprint density at radius 2 is 1.79 bits per heavy atom. The summed E-state index contributed by atoms with van der Waals surface area (Å²) in [6.45, 7) is 9.79. The van der Waals surface area contributed by atoms with E-state index in [1.54, 1.807) is 7.05 Å². The molecule has 2 atom stereocenters. The summed E-state index contributed by atoms with van der Waals surface area (Å²) in [5, 5.41) is 0.181. The molecule has 1 amide bonds. The van der Waals surface area contributed by atoms with Crippen molar-refractivity contribution in [1.29, 1.82) is 0 Å². The van der Waals surface area contributed by atoms with Crippen molar-refractivity contribution in [3.05, 3.63) is 56.5 Å². The van der Waals surface area contributed by atoms with Gasteiger partial charge in [-0.05, 0) is 31.9 Å². The predicted octanol–water partition coefficient (Wildman–Crippen LogP) is 2.78. The fraction of sp³-hybridized carbons (Fsp3) is 0.458. The number of fused-ring (bicyclic) bond motifs is 2. The van der Waals surface area contributed by atoms with Gasteiger partial charge in [0, 0.05) is 31.2 Å². The second kappa shape index (κ2) is 8.13. The molecule has 0 spiro atoms. The number of thioether (sulfide) groups is 1. The molecular weight excluding hydrogens is 438 g/mol. The summed E-state index contributed by atoms with van der Waals surface area (Å²) in [6, 6.07) is 8.00. The number of para-hydroxylation sites is 1. The molecule has 0 fully saturated rings. The van der Waals surface area contributed by atoms with Gasteiger partial charge in [-0.1, -0.05) is 50.7 Å². The van der Waals surface area contributed by atoms with Gasteiger partial charge in [-0.25, -0.2) is 14.8 Å². The first-order chi connectivity index (χ1) is 15.4. The minimum Gasteiger partial charge on any atom is -0.308 e. The first-order valence-corrected chi connectivity index (χ1v) is 11.9. The highest BCUT2D eigenvalue weighted by atomic mass is 32.2. The molecule has 9 heteroatoms. The van der Waals surface area contributed by atoms with E-state index < -0.39 is 21.9 Å². The van der Waals surface area contributed by atoms with Gasteiger partial charge >= 0.3 is 5.69 Å². The molecular formula is C24H29N5O3S. The van der Waals surface area contributed by atoms with Gasteiger partial charge in [-0.15, -0.1) is 0 Å². The largest absolute Gasteiger partial charge is 0.332 e. The lowest BCUT2D eigenvalue weighted by molar-refractivity contribution is -0.118. The van der Waals surface area contributed by atoms with Gasteiger partial charge in [-0.2, -0.15) is 0 Å². The molecule has 1 aromatic carbocycles. The third-order valence-corrected chi connectivity index (χ3v) is 7.09. The molecule has 3 heterocycles. The minimum absolute atomic E-state index is 0.0387. The maximum atomic E-state index is 13.5. The number of hydrogen-bond acceptors (Lipinski definition) is 6. The highest BCUT2D eigenvalue weighted by Crippen LogP contribution is 2.36. The number of anilines is 1. The Morgan fingerprint density at radius 3 is 2.45 bits per heavy atom. The van der Waals surface area contributed by atoms with Crippen LogP contribution >= 0.6 is 11.8 Å². The fourth-order valence-electron chi connectivity index (χ4n) is 4.16. The van der Waals surface area contributed by atoms with E-state index in [1.165, 1.54) is 23.4 Å². The number of hydrogen-bond donors (Lipinski definition) is 0. The molecule has 33 heavy (non-hydrogen) atoms. The highest BCUT2D eigenvalue weighted by molar-refractivity contribution is 8.00. The average Bonchev–Trinajstić information content (AvgIpc) is 3.10. The summed E-state index contributed by atoms with van der Waals surface area (Å²) in [4.78, 5) is 50.3. The molecule has 0 bridgehead atoms. The van der Waals surface area contributed by atoms with Crippen LogP contribution in [0.2, 0.25) is 0 Å². The molecule has 2 unspecified atom stereocenters. The SMILES string of the molecule is CC(Sc1nc(C(C)(C)C)nc2c1c(=O)n(C)c(=O)n2C)C(=O)N1c2ccccc2CC1C. The van der Waals surface area contributed by atoms with Crippen LogP contribution < -0.4 is 16.1 Å². The Kier molecular flexibility index (Phi) is 5.72. The zero-order valence-corrected chi connectivity index (χ0v) is 20.9. The number of amides is 1. The topological polar surface area (TPSA) is 90.1 Å². The van der Waals surface area contributed by atoms with Crippen molar-refractivity contribution in [1.82, 2.24) is 19.1 Å². The van der Waals surface area contributed by atoms with Crippen molar-refractivity contribution >= 4 is 34.4 Å². The average molecular weight is 468 g/mol. The molecule has 1 aliphatic rings. The second-order valence-corrected chi connectivity index (χ2v) is 11.0. The summed E-state index contributed by atoms with van der Waals surface area (Å²) in [7, 11) is 3.03. The van der Waals surface area contributed by atoms with Gasteiger partial charge in [0.2, 0.25) is 5.91 Å². The Balaban J connectivity index is 1.82. The number of benzene rings is 1. The van der Waals surface area contributed by atoms with E-state index in [0.717, 1.165) is 22.2 Å². The van der Waals surface area contributed by atoms with Crippen LogP contribution in [-0.2, 0) is 30.7 Å². The van der Waals surface area contributed by atoms with Crippen LogP contribution in [-0.4, -0.2) is 36.3 Å². The molecule has 4 rings (SSSR count). The van der Waals surface area contributed by atoms with Crippen molar-refractivity contribution < 1.29 is 4.79 Å². The van der Waals surface area contributed by atoms with E-state index in [9.17, 15) is 14.4 Å². The molecule has 0 saturated carbocycles. The maximum absolute atomic E-state index is 13.5. The fourth-order valence-corrected chi connectivity index (χ4v) is 5.15. The van der Waals surface area contributed by atoms with Crippen LogP contribution in [0.4, 0.5) is 5.69 Å². The number of rotatable bonds is 3. The van der Waals surface area contributed by atoms with Gasteiger partial charge in [0.1, 0.15) is 16.2 Å². The number of nitrogens with zero attached hydrogens (tertiary/aromatic N) is 5. The van der Waals surface area contributed by atoms with E-state index in [4.69, 9.17) is 4.98 Å². The summed E-state index contributed by atoms with van der Waals surface area (Å²) >= 11 is 1.24. The molecule has 8 nitrogen and oxygen atoms in total. The number of aromatic nitrogens is 4. The molecule has 0 radical (unpaired) electrons. The third kappa shape index (κ3) is 3.88. The van der Waals surface area contributed by atoms with Gasteiger partial charge in [0.05, 0.1) is 5.25 Å². The molecule has 3 aromatic rings. The van der Waals surface area contributed by atoms with E-state index >= 15 is 0 Å². The Morgan fingerprint density at radius 1 is 1.12 bits per heavy atom. The summed E-state index contributed by atoms with van der Waals surface area (Å²) in [6.07, 6.45) is 0.812. The first-order valence-electron chi connectivity index (χ1n) is 11.0. The molecule has 174 valence electrons. The van der Waals surface area contributed by atoms with Crippen LogP contribution in [0.3, 0.4) is 0 Å². The maximum Gasteiger partial charge on any atom is 0.332 e. The lowest BCUT2D eigenvalue weighted by Gasteiger charge is -2.26. The molecule has 0 saturated heterocycles. The van der Waals surface area contributed by atoms with Crippen LogP contribution in [0.15, 0.2) is 38.9 Å². The summed E-state index contributed by atoms with van der Waals surface area (Å²) in [5.74, 6) is 0.475. The standard InChI is InChI=1S/C24H29N5O3S/c1-13-12-15-10-8-9-11-16(15)29(13)20(30)14(2)33-19-17-18(25-22(26-19)24(3,4)5)27(6)23(32)28(7)21(17)31/h8-11,13-14H,12H2,1-7H3. The van der Waals surface area contributed by atoms with Crippen molar-refractivity contribution in [3.8, 4) is 0 Å². The Labute approximate surface area is 196 Å². The van der Waals surface area contributed by atoms with Crippen LogP contribution in [0.1, 0.15) is 46.0 Å². The number of carbonyl (C=O) groups is 1. The normalized spacial score (nSPS) is 16.8. The van der Waals surface area contributed by atoms with Crippen LogP contribution in [0.5, 0.6) is 0 Å². The van der Waals surface area contributed by atoms with E-state index in [2.05, 4.69) is 11.1 Å². The number of carbonyl (C=O) groups excluding carboxylic acids is 1. The number of aryl methyl sites for hydroxylation is 1. The Hall–Kier alpha value is -2.94. The lowest BCUT2D eigenvalue weighted by Crippen LogP contribution is -2.41. The van der Waals surface area contributed by atoms with Gasteiger partial charge in [0.25, 0.3) is 5.56 Å². The van der Waals surface area contributed by atoms with Crippen molar-refractivity contribution in [2.45, 2.75) is 62.8 Å². The van der Waals surface area contributed by atoms with E-state index in [1.807, 2.05) is 57.7 Å².